The van der Waals surface area contributed by atoms with E-state index in [0.29, 0.717) is 32.0 Å². The Kier molecular flexibility index (Phi) is 6.19. The van der Waals surface area contributed by atoms with Crippen molar-refractivity contribution in [2.75, 3.05) is 11.9 Å². The van der Waals surface area contributed by atoms with Crippen LogP contribution in [-0.4, -0.2) is 27.9 Å². The number of pyridine rings is 1. The van der Waals surface area contributed by atoms with E-state index in [0.717, 1.165) is 22.5 Å². The van der Waals surface area contributed by atoms with Gasteiger partial charge in [-0.25, -0.2) is 9.67 Å². The molecule has 0 radical (unpaired) electrons. The summed E-state index contributed by atoms with van der Waals surface area (Å²) in [5, 5.41) is 10.6. The fraction of sp³-hybridized carbons (Fsp3) is 0.0833. The minimum atomic E-state index is -0.191. The summed E-state index contributed by atoms with van der Waals surface area (Å²) >= 11 is 13.7. The number of benzene rings is 2. The molecule has 5 rings (SSSR count). The summed E-state index contributed by atoms with van der Waals surface area (Å²) < 4.78 is 7.26. The quantitative estimate of drug-likeness (QED) is 0.355. The molecule has 0 bridgehead atoms. The molecule has 7 nitrogen and oxygen atoms in total. The summed E-state index contributed by atoms with van der Waals surface area (Å²) in [4.78, 5) is 21.4. The summed E-state index contributed by atoms with van der Waals surface area (Å²) in [5.74, 6) is 0.435. The molecule has 0 atom stereocenters. The summed E-state index contributed by atoms with van der Waals surface area (Å²) in [7, 11) is 0. The molecule has 0 unspecified atom stereocenters. The summed E-state index contributed by atoms with van der Waals surface area (Å²) in [6, 6.07) is 14.6. The van der Waals surface area contributed by atoms with E-state index in [-0.39, 0.29) is 12.5 Å². The minimum Gasteiger partial charge on any atom is -0.482 e. The van der Waals surface area contributed by atoms with E-state index in [1.165, 1.54) is 11.3 Å². The van der Waals surface area contributed by atoms with Gasteiger partial charge in [-0.1, -0.05) is 29.3 Å². The van der Waals surface area contributed by atoms with Gasteiger partial charge in [0.15, 0.2) is 6.61 Å². The maximum atomic E-state index is 11.8. The lowest BCUT2D eigenvalue weighted by atomic mass is 10.1. The monoisotopic (exact) mass is 509 g/mol. The normalized spacial score (nSPS) is 13.9. The molecule has 1 N–H and O–H groups in total. The van der Waals surface area contributed by atoms with Crippen LogP contribution in [-0.2, 0) is 4.79 Å². The van der Waals surface area contributed by atoms with Gasteiger partial charge in [0.25, 0.3) is 5.91 Å². The molecule has 34 heavy (non-hydrogen) atoms. The van der Waals surface area contributed by atoms with Crippen molar-refractivity contribution in [3.63, 3.8) is 0 Å². The fourth-order valence-electron chi connectivity index (χ4n) is 3.36. The molecule has 1 aliphatic rings. The molecule has 1 aliphatic heterocycles. The van der Waals surface area contributed by atoms with Crippen molar-refractivity contribution in [3.8, 4) is 17.0 Å². The zero-order chi connectivity index (χ0) is 23.7. The van der Waals surface area contributed by atoms with Gasteiger partial charge < -0.3 is 10.1 Å². The Bertz CT molecular complexity index is 1490. The number of hydrogen-bond donors (Lipinski definition) is 1. The van der Waals surface area contributed by atoms with E-state index in [1.807, 2.05) is 42.6 Å². The van der Waals surface area contributed by atoms with E-state index < -0.39 is 0 Å². The van der Waals surface area contributed by atoms with E-state index in [2.05, 4.69) is 10.3 Å². The van der Waals surface area contributed by atoms with Crippen LogP contribution >= 0.6 is 34.5 Å². The number of thiazole rings is 1. The first-order valence-electron chi connectivity index (χ1n) is 10.2. The topological polar surface area (TPSA) is 80.9 Å². The van der Waals surface area contributed by atoms with Gasteiger partial charge in [0, 0.05) is 28.9 Å². The highest BCUT2D eigenvalue weighted by molar-refractivity contribution is 7.07. The van der Waals surface area contributed by atoms with Gasteiger partial charge >= 0.3 is 0 Å². The second kappa shape index (κ2) is 9.42. The Hall–Kier alpha value is -3.46. The number of rotatable bonds is 4. The number of fused-ring (bicyclic) bond motifs is 1. The van der Waals surface area contributed by atoms with Crippen LogP contribution in [0.5, 0.6) is 5.75 Å². The van der Waals surface area contributed by atoms with Crippen LogP contribution in [0.4, 0.5) is 11.4 Å². The average molecular weight is 510 g/mol. The van der Waals surface area contributed by atoms with Crippen LogP contribution < -0.4 is 14.9 Å². The van der Waals surface area contributed by atoms with Gasteiger partial charge in [-0.2, -0.15) is 5.10 Å². The van der Waals surface area contributed by atoms with E-state index in [4.69, 9.17) is 38.0 Å². The molecule has 10 heteroatoms. The van der Waals surface area contributed by atoms with Crippen LogP contribution in [0.25, 0.3) is 11.3 Å². The molecule has 0 saturated heterocycles. The standard InChI is InChI=1S/C24H17Cl2N5O2S/c1-14(16-3-2-8-27-11-16)30-31-21(15-4-7-22-20(9-15)29-23(32)12-33-22)13-34-24(31)28-17-5-6-18(25)19(26)10-17/h2-11,13H,12H2,1H3,(H,29,32). The van der Waals surface area contributed by atoms with Crippen molar-refractivity contribution in [2.45, 2.75) is 6.92 Å². The second-order valence-electron chi connectivity index (χ2n) is 7.40. The molecule has 0 spiro atoms. The van der Waals surface area contributed by atoms with Gasteiger partial charge in [-0.05, 0) is 49.4 Å². The van der Waals surface area contributed by atoms with Gasteiger partial charge in [0.2, 0.25) is 4.80 Å². The first kappa shape index (κ1) is 22.3. The molecule has 2 aromatic heterocycles. The van der Waals surface area contributed by atoms with Crippen LogP contribution in [0, 0.1) is 0 Å². The average Bonchev–Trinajstić information content (AvgIpc) is 3.23. The number of anilines is 1. The lowest BCUT2D eigenvalue weighted by Crippen LogP contribution is -2.25. The van der Waals surface area contributed by atoms with Crippen LogP contribution in [0.15, 0.2) is 76.4 Å². The molecule has 1 amide bonds. The van der Waals surface area contributed by atoms with E-state index in [1.54, 1.807) is 35.3 Å². The molecule has 170 valence electrons. The zero-order valence-electron chi connectivity index (χ0n) is 17.8. The van der Waals surface area contributed by atoms with Gasteiger partial charge in [-0.3, -0.25) is 9.78 Å². The number of carbonyl (C=O) groups is 1. The number of halogens is 2. The number of nitrogens with one attached hydrogen (secondary N) is 1. The molecule has 4 aromatic rings. The van der Waals surface area contributed by atoms with Crippen LogP contribution in [0.2, 0.25) is 10.0 Å². The van der Waals surface area contributed by atoms with Crippen molar-refractivity contribution in [1.29, 1.82) is 0 Å². The first-order valence-corrected chi connectivity index (χ1v) is 11.8. The number of carbonyl (C=O) groups excluding carboxylic acids is 1. The van der Waals surface area contributed by atoms with Crippen LogP contribution in [0.3, 0.4) is 0 Å². The van der Waals surface area contributed by atoms with E-state index >= 15 is 0 Å². The Labute approximate surface area is 209 Å². The SMILES string of the molecule is CC(=Nn1c(-c2ccc3c(c2)NC(=O)CO3)csc1=Nc1ccc(Cl)c(Cl)c1)c1cccnc1. The van der Waals surface area contributed by atoms with Crippen molar-refractivity contribution in [3.05, 3.63) is 86.7 Å². The third-order valence-electron chi connectivity index (χ3n) is 5.05. The van der Waals surface area contributed by atoms with E-state index in [9.17, 15) is 4.79 Å². The third kappa shape index (κ3) is 4.61. The van der Waals surface area contributed by atoms with Gasteiger partial charge in [0.1, 0.15) is 5.75 Å². The number of nitrogens with zero attached hydrogens (tertiary/aromatic N) is 4. The largest absolute Gasteiger partial charge is 0.482 e. The fourth-order valence-corrected chi connectivity index (χ4v) is 4.51. The molecule has 3 heterocycles. The smallest absolute Gasteiger partial charge is 0.262 e. The number of aromatic nitrogens is 2. The third-order valence-corrected chi connectivity index (χ3v) is 6.61. The number of ether oxygens (including phenoxy) is 1. The van der Waals surface area contributed by atoms with Crippen LogP contribution in [0.1, 0.15) is 12.5 Å². The Morgan fingerprint density at radius 1 is 1.18 bits per heavy atom. The second-order valence-corrected chi connectivity index (χ2v) is 9.05. The molecule has 0 saturated carbocycles. The van der Waals surface area contributed by atoms with Crippen molar-refractivity contribution < 1.29 is 9.53 Å². The molecule has 0 aliphatic carbocycles. The summed E-state index contributed by atoms with van der Waals surface area (Å²) in [6.45, 7) is 1.92. The summed E-state index contributed by atoms with van der Waals surface area (Å²) in [5.41, 5.74) is 4.56. The lowest BCUT2D eigenvalue weighted by molar-refractivity contribution is -0.118. The molecule has 2 aromatic carbocycles. The van der Waals surface area contributed by atoms with Gasteiger partial charge in [-0.15, -0.1) is 11.3 Å². The first-order chi connectivity index (χ1) is 16.5. The van der Waals surface area contributed by atoms with Crippen molar-refractivity contribution in [2.24, 2.45) is 10.1 Å². The Morgan fingerprint density at radius 3 is 2.85 bits per heavy atom. The number of hydrogen-bond acceptors (Lipinski definition) is 6. The predicted molar refractivity (Wildman–Crippen MR) is 135 cm³/mol. The highest BCUT2D eigenvalue weighted by Gasteiger charge is 2.18. The molecular weight excluding hydrogens is 493 g/mol. The van der Waals surface area contributed by atoms with Crippen molar-refractivity contribution in [1.82, 2.24) is 9.66 Å². The minimum absolute atomic E-state index is 0.00603. The number of amides is 1. The predicted octanol–water partition coefficient (Wildman–Crippen LogP) is 5.75. The lowest BCUT2D eigenvalue weighted by Gasteiger charge is -2.18. The maximum absolute atomic E-state index is 11.8. The molecular formula is C24H17Cl2N5O2S. The highest BCUT2D eigenvalue weighted by atomic mass is 35.5. The van der Waals surface area contributed by atoms with Crippen molar-refractivity contribution >= 4 is 57.5 Å². The highest BCUT2D eigenvalue weighted by Crippen LogP contribution is 2.33. The Morgan fingerprint density at radius 2 is 2.06 bits per heavy atom. The Balaban J connectivity index is 1.67. The van der Waals surface area contributed by atoms with Gasteiger partial charge in [0.05, 0.1) is 32.8 Å². The maximum Gasteiger partial charge on any atom is 0.262 e. The summed E-state index contributed by atoms with van der Waals surface area (Å²) in [6.07, 6.45) is 3.47. The molecule has 0 fully saturated rings. The zero-order valence-corrected chi connectivity index (χ0v) is 20.2.